The van der Waals surface area contributed by atoms with Crippen molar-refractivity contribution in [3.63, 3.8) is 0 Å². The van der Waals surface area contributed by atoms with Gasteiger partial charge in [0.1, 0.15) is 0 Å². The van der Waals surface area contributed by atoms with Crippen LogP contribution in [-0.4, -0.2) is 14.3 Å². The molecule has 0 spiro atoms. The molecule has 5 nitrogen and oxygen atoms in total. The minimum Gasteiger partial charge on any atom is -0.316 e. The average Bonchev–Trinajstić information content (AvgIpc) is 3.22. The van der Waals surface area contributed by atoms with Crippen molar-refractivity contribution in [3.8, 4) is 22.5 Å². The largest absolute Gasteiger partial charge is 0.316 e. The van der Waals surface area contributed by atoms with E-state index in [-0.39, 0.29) is 10.6 Å². The molecule has 0 fully saturated rings. The Morgan fingerprint density at radius 2 is 1.45 bits per heavy atom. The van der Waals surface area contributed by atoms with Crippen molar-refractivity contribution in [2.24, 2.45) is 0 Å². The van der Waals surface area contributed by atoms with Crippen molar-refractivity contribution in [2.75, 3.05) is 0 Å². The van der Waals surface area contributed by atoms with Crippen molar-refractivity contribution in [2.45, 2.75) is 6.42 Å². The number of rotatable bonds is 5. The molecular formula is C26H19N3O2. The van der Waals surface area contributed by atoms with Gasteiger partial charge in [-0.3, -0.25) is 10.1 Å². The minimum atomic E-state index is -0.389. The van der Waals surface area contributed by atoms with Crippen LogP contribution in [0.5, 0.6) is 0 Å². The van der Waals surface area contributed by atoms with Gasteiger partial charge in [0, 0.05) is 41.6 Å². The lowest BCUT2D eigenvalue weighted by Gasteiger charge is -2.11. The number of nitro groups is 1. The van der Waals surface area contributed by atoms with E-state index in [1.807, 2.05) is 54.7 Å². The number of nitro benzene ring substituents is 1. The fraction of sp³-hybridized carbons (Fsp3) is 0.0385. The lowest BCUT2D eigenvalue weighted by molar-refractivity contribution is -0.384. The first-order valence-electron chi connectivity index (χ1n) is 10.0. The molecule has 0 saturated carbocycles. The highest BCUT2D eigenvalue weighted by Gasteiger charge is 2.14. The molecule has 0 N–H and O–H groups in total. The van der Waals surface area contributed by atoms with Crippen LogP contribution in [0.15, 0.2) is 103 Å². The van der Waals surface area contributed by atoms with Gasteiger partial charge in [0.05, 0.1) is 21.8 Å². The highest BCUT2D eigenvalue weighted by Crippen LogP contribution is 2.30. The SMILES string of the molecule is O=[N+]([O-])c1ccc(-c2cn3c(Cc4ccccc4)ccc3c(-c3ccccc3)n2)cc1. The molecule has 3 aromatic carbocycles. The molecule has 0 bridgehead atoms. The number of hydrogen-bond donors (Lipinski definition) is 0. The summed E-state index contributed by atoms with van der Waals surface area (Å²) in [5, 5.41) is 11.0. The van der Waals surface area contributed by atoms with Crippen molar-refractivity contribution in [1.82, 2.24) is 9.38 Å². The maximum Gasteiger partial charge on any atom is 0.269 e. The molecule has 0 aliphatic rings. The lowest BCUT2D eigenvalue weighted by Crippen LogP contribution is -2.00. The van der Waals surface area contributed by atoms with Gasteiger partial charge in [0.15, 0.2) is 0 Å². The van der Waals surface area contributed by atoms with Gasteiger partial charge in [-0.05, 0) is 29.8 Å². The monoisotopic (exact) mass is 405 g/mol. The van der Waals surface area contributed by atoms with Crippen molar-refractivity contribution in [3.05, 3.63) is 125 Å². The van der Waals surface area contributed by atoms with Crippen LogP contribution in [0, 0.1) is 10.1 Å². The van der Waals surface area contributed by atoms with Gasteiger partial charge in [-0.15, -0.1) is 0 Å². The molecule has 150 valence electrons. The van der Waals surface area contributed by atoms with Gasteiger partial charge in [-0.1, -0.05) is 60.7 Å². The molecule has 0 unspecified atom stereocenters. The molecular weight excluding hydrogens is 386 g/mol. The first-order chi connectivity index (χ1) is 15.2. The molecule has 0 atom stereocenters. The van der Waals surface area contributed by atoms with E-state index in [0.29, 0.717) is 0 Å². The Morgan fingerprint density at radius 1 is 0.774 bits per heavy atom. The quantitative estimate of drug-likeness (QED) is 0.260. The van der Waals surface area contributed by atoms with E-state index in [4.69, 9.17) is 4.98 Å². The van der Waals surface area contributed by atoms with Crippen LogP contribution >= 0.6 is 0 Å². The second-order valence-corrected chi connectivity index (χ2v) is 7.39. The second-order valence-electron chi connectivity index (χ2n) is 7.39. The third-order valence-corrected chi connectivity index (χ3v) is 5.38. The highest BCUT2D eigenvalue weighted by atomic mass is 16.6. The smallest absolute Gasteiger partial charge is 0.269 e. The van der Waals surface area contributed by atoms with Gasteiger partial charge in [0.2, 0.25) is 0 Å². The Balaban J connectivity index is 1.68. The van der Waals surface area contributed by atoms with E-state index in [2.05, 4.69) is 28.7 Å². The maximum atomic E-state index is 11.0. The van der Waals surface area contributed by atoms with E-state index >= 15 is 0 Å². The van der Waals surface area contributed by atoms with Crippen LogP contribution in [0.4, 0.5) is 5.69 Å². The van der Waals surface area contributed by atoms with Gasteiger partial charge in [0.25, 0.3) is 5.69 Å². The molecule has 0 amide bonds. The summed E-state index contributed by atoms with van der Waals surface area (Å²) in [6, 6.07) is 31.2. The van der Waals surface area contributed by atoms with Gasteiger partial charge >= 0.3 is 0 Å². The normalized spacial score (nSPS) is 11.0. The number of hydrogen-bond acceptors (Lipinski definition) is 3. The number of non-ortho nitro benzene ring substituents is 1. The Morgan fingerprint density at radius 3 is 2.13 bits per heavy atom. The zero-order valence-electron chi connectivity index (χ0n) is 16.7. The van der Waals surface area contributed by atoms with Crippen LogP contribution < -0.4 is 0 Å². The molecule has 5 aromatic rings. The third kappa shape index (κ3) is 3.69. The maximum absolute atomic E-state index is 11.0. The molecule has 5 heteroatoms. The molecule has 0 radical (unpaired) electrons. The molecule has 2 aromatic heterocycles. The molecule has 2 heterocycles. The minimum absolute atomic E-state index is 0.0684. The van der Waals surface area contributed by atoms with Gasteiger partial charge in [-0.2, -0.15) is 0 Å². The predicted octanol–water partition coefficient (Wildman–Crippen LogP) is 6.17. The van der Waals surface area contributed by atoms with Crippen molar-refractivity contribution in [1.29, 1.82) is 0 Å². The van der Waals surface area contributed by atoms with E-state index < -0.39 is 0 Å². The number of benzene rings is 3. The molecule has 0 saturated heterocycles. The average molecular weight is 405 g/mol. The van der Waals surface area contributed by atoms with Crippen LogP contribution in [0.25, 0.3) is 28.0 Å². The Kier molecular flexibility index (Phi) is 4.77. The van der Waals surface area contributed by atoms with Crippen LogP contribution in [0.2, 0.25) is 0 Å². The Labute approximate surface area is 179 Å². The van der Waals surface area contributed by atoms with E-state index in [1.54, 1.807) is 12.1 Å². The first-order valence-corrected chi connectivity index (χ1v) is 10.0. The van der Waals surface area contributed by atoms with Crippen molar-refractivity contribution >= 4 is 11.2 Å². The standard InChI is InChI=1S/C26H19N3O2/c30-29(31)22-13-11-20(12-14-22)24-18-28-23(17-19-7-3-1-4-8-19)15-16-25(28)26(27-24)21-9-5-2-6-10-21/h1-16,18H,17H2. The van der Waals surface area contributed by atoms with E-state index in [0.717, 1.165) is 40.1 Å². The first kappa shape index (κ1) is 18.8. The summed E-state index contributed by atoms with van der Waals surface area (Å²) in [7, 11) is 0. The fourth-order valence-corrected chi connectivity index (χ4v) is 3.82. The summed E-state index contributed by atoms with van der Waals surface area (Å²) >= 11 is 0. The topological polar surface area (TPSA) is 60.4 Å². The predicted molar refractivity (Wildman–Crippen MR) is 122 cm³/mol. The van der Waals surface area contributed by atoms with Gasteiger partial charge < -0.3 is 4.40 Å². The fourth-order valence-electron chi connectivity index (χ4n) is 3.82. The molecule has 31 heavy (non-hydrogen) atoms. The summed E-state index contributed by atoms with van der Waals surface area (Å²) in [6.45, 7) is 0. The second kappa shape index (κ2) is 7.88. The highest BCUT2D eigenvalue weighted by molar-refractivity contribution is 5.80. The Hall–Kier alpha value is -4.25. The molecule has 5 rings (SSSR count). The lowest BCUT2D eigenvalue weighted by atomic mass is 10.1. The number of aromatic nitrogens is 2. The van der Waals surface area contributed by atoms with Crippen LogP contribution in [0.3, 0.4) is 0 Å². The van der Waals surface area contributed by atoms with Crippen LogP contribution in [-0.2, 0) is 6.42 Å². The number of nitrogens with zero attached hydrogens (tertiary/aromatic N) is 3. The third-order valence-electron chi connectivity index (χ3n) is 5.38. The molecule has 0 aliphatic heterocycles. The summed E-state index contributed by atoms with van der Waals surface area (Å²) in [6.07, 6.45) is 2.81. The van der Waals surface area contributed by atoms with E-state index in [1.165, 1.54) is 17.7 Å². The van der Waals surface area contributed by atoms with Gasteiger partial charge in [-0.25, -0.2) is 4.98 Å². The number of fused-ring (bicyclic) bond motifs is 1. The summed E-state index contributed by atoms with van der Waals surface area (Å²) in [5.41, 5.74) is 7.01. The summed E-state index contributed by atoms with van der Waals surface area (Å²) in [5.74, 6) is 0. The zero-order chi connectivity index (χ0) is 21.2. The Bertz CT molecular complexity index is 1360. The van der Waals surface area contributed by atoms with Crippen molar-refractivity contribution < 1.29 is 4.92 Å². The zero-order valence-corrected chi connectivity index (χ0v) is 16.7. The van der Waals surface area contributed by atoms with Crippen LogP contribution in [0.1, 0.15) is 11.3 Å². The summed E-state index contributed by atoms with van der Waals surface area (Å²) < 4.78 is 2.18. The molecule has 0 aliphatic carbocycles. The van der Waals surface area contributed by atoms with E-state index in [9.17, 15) is 10.1 Å². The summed E-state index contributed by atoms with van der Waals surface area (Å²) in [4.78, 5) is 15.6.